The molecule has 2 radical (unpaired) electrons. The van der Waals surface area contributed by atoms with Gasteiger partial charge in [0.15, 0.2) is 0 Å². The zero-order valence-corrected chi connectivity index (χ0v) is 21.1. The number of halogens is 1. The molecule has 0 N–H and O–H groups in total. The summed E-state index contributed by atoms with van der Waals surface area (Å²) in [5.41, 5.74) is 5.62. The first-order chi connectivity index (χ1) is 17.7. The van der Waals surface area contributed by atoms with Gasteiger partial charge in [0.25, 0.3) is 0 Å². The van der Waals surface area contributed by atoms with Crippen molar-refractivity contribution >= 4 is 72.3 Å². The predicted octanol–water partition coefficient (Wildman–Crippen LogP) is 9.19. The molecule has 36 heavy (non-hydrogen) atoms. The lowest BCUT2D eigenvalue weighted by Gasteiger charge is -2.19. The van der Waals surface area contributed by atoms with Crippen molar-refractivity contribution in [3.8, 4) is 22.3 Å². The van der Waals surface area contributed by atoms with Crippen LogP contribution in [0.1, 0.15) is 0 Å². The van der Waals surface area contributed by atoms with Crippen LogP contribution in [0.2, 0.25) is 0 Å². The van der Waals surface area contributed by atoms with E-state index in [2.05, 4.69) is 131 Å². The van der Waals surface area contributed by atoms with Crippen LogP contribution < -0.4 is 5.46 Å². The molecule has 0 spiro atoms. The Kier molecular flexibility index (Phi) is 4.97. The second-order valence-electron chi connectivity index (χ2n) is 9.37. The first kappa shape index (κ1) is 21.4. The van der Waals surface area contributed by atoms with Gasteiger partial charge < -0.3 is 0 Å². The van der Waals surface area contributed by atoms with Crippen molar-refractivity contribution in [1.29, 1.82) is 0 Å². The number of rotatable bonds is 2. The quantitative estimate of drug-likeness (QED) is 0.158. The Morgan fingerprint density at radius 1 is 0.417 bits per heavy atom. The summed E-state index contributed by atoms with van der Waals surface area (Å²) in [4.78, 5) is 0. The van der Waals surface area contributed by atoms with Crippen molar-refractivity contribution < 1.29 is 0 Å². The number of hydrogen-bond acceptors (Lipinski definition) is 0. The van der Waals surface area contributed by atoms with Crippen molar-refractivity contribution in [2.45, 2.75) is 0 Å². The molecule has 0 bridgehead atoms. The summed E-state index contributed by atoms with van der Waals surface area (Å²) in [5.74, 6) is 0. The fraction of sp³-hybridized carbons (Fsp3) is 0. The van der Waals surface area contributed by atoms with Crippen molar-refractivity contribution in [1.82, 2.24) is 0 Å². The molecule has 7 rings (SSSR count). The summed E-state index contributed by atoms with van der Waals surface area (Å²) in [5, 5.41) is 9.76. The van der Waals surface area contributed by atoms with Crippen LogP contribution in [0.4, 0.5) is 0 Å². The van der Waals surface area contributed by atoms with E-state index < -0.39 is 0 Å². The zero-order chi connectivity index (χ0) is 24.2. The maximum Gasteiger partial charge on any atom is 0.113 e. The van der Waals surface area contributed by atoms with E-state index in [1.807, 2.05) is 6.07 Å². The Morgan fingerprint density at radius 2 is 0.917 bits per heavy atom. The molecule has 0 aliphatic rings. The van der Waals surface area contributed by atoms with Gasteiger partial charge in [-0.3, -0.25) is 0 Å². The van der Waals surface area contributed by atoms with E-state index >= 15 is 0 Å². The average molecular weight is 519 g/mol. The first-order valence-electron chi connectivity index (χ1n) is 12.1. The average Bonchev–Trinajstić information content (AvgIpc) is 2.91. The van der Waals surface area contributed by atoms with Gasteiger partial charge in [0.2, 0.25) is 0 Å². The van der Waals surface area contributed by atoms with Gasteiger partial charge in [0.05, 0.1) is 0 Å². The number of benzene rings is 7. The number of fused-ring (bicyclic) bond motifs is 4. The van der Waals surface area contributed by atoms with Gasteiger partial charge in [-0.15, -0.1) is 0 Å². The molecule has 7 aromatic carbocycles. The van der Waals surface area contributed by atoms with Crippen molar-refractivity contribution in [3.63, 3.8) is 0 Å². The largest absolute Gasteiger partial charge is 0.113 e. The van der Waals surface area contributed by atoms with E-state index in [4.69, 9.17) is 7.85 Å². The smallest absolute Gasteiger partial charge is 0.0960 e. The molecule has 7 aromatic rings. The third-order valence-corrected chi connectivity index (χ3v) is 7.67. The minimum absolute atomic E-state index is 0.769. The van der Waals surface area contributed by atoms with E-state index in [1.165, 1.54) is 65.3 Å². The monoisotopic (exact) mass is 518 g/mol. The van der Waals surface area contributed by atoms with Gasteiger partial charge in [-0.1, -0.05) is 118 Å². The molecule has 166 valence electrons. The zero-order valence-electron chi connectivity index (χ0n) is 19.5. The van der Waals surface area contributed by atoms with Crippen LogP contribution in [0, 0.1) is 0 Å². The molecule has 0 saturated carbocycles. The van der Waals surface area contributed by atoms with Gasteiger partial charge >= 0.3 is 0 Å². The topological polar surface area (TPSA) is 0 Å². The van der Waals surface area contributed by atoms with Crippen LogP contribution in [0.3, 0.4) is 0 Å². The van der Waals surface area contributed by atoms with Crippen LogP contribution in [-0.2, 0) is 0 Å². The maximum atomic E-state index is 6.39. The molecule has 0 fully saturated rings. The highest BCUT2D eigenvalue weighted by Crippen LogP contribution is 2.45. The van der Waals surface area contributed by atoms with Gasteiger partial charge in [0.1, 0.15) is 7.85 Å². The van der Waals surface area contributed by atoms with Gasteiger partial charge in [-0.05, 0) is 89.6 Å². The van der Waals surface area contributed by atoms with Gasteiger partial charge in [-0.25, -0.2) is 0 Å². The van der Waals surface area contributed by atoms with Gasteiger partial charge in [0, 0.05) is 4.47 Å². The summed E-state index contributed by atoms with van der Waals surface area (Å²) in [6.45, 7) is 0. The molecule has 0 heterocycles. The molecule has 0 saturated heterocycles. The maximum absolute atomic E-state index is 6.39. The number of hydrogen-bond donors (Lipinski definition) is 0. The molecule has 2 heteroatoms. The fourth-order valence-corrected chi connectivity index (χ4v) is 5.89. The Labute approximate surface area is 219 Å². The Balaban J connectivity index is 1.64. The summed E-state index contributed by atoms with van der Waals surface area (Å²) in [6.07, 6.45) is 0. The van der Waals surface area contributed by atoms with Gasteiger partial charge in [-0.2, -0.15) is 0 Å². The van der Waals surface area contributed by atoms with Crippen LogP contribution in [-0.4, -0.2) is 7.85 Å². The molecular formula is C34H20BBr. The van der Waals surface area contributed by atoms with E-state index in [0.717, 1.165) is 9.94 Å². The van der Waals surface area contributed by atoms with Crippen LogP contribution >= 0.6 is 15.9 Å². The highest BCUT2D eigenvalue weighted by Gasteiger charge is 2.18. The molecular weight excluding hydrogens is 499 g/mol. The van der Waals surface area contributed by atoms with Crippen LogP contribution in [0.15, 0.2) is 126 Å². The Bertz CT molecular complexity index is 1820. The standard InChI is InChI=1S/C34H20BBr/c35-27-13-15-29-31(19-27)33(25-11-9-21-5-1-3-7-23(21)17-25)30-16-14-28(36)20-32(30)34(29)26-12-10-22-6-2-4-8-24(22)18-26/h1-20H. The lowest BCUT2D eigenvalue weighted by Crippen LogP contribution is -2.02. The lowest BCUT2D eigenvalue weighted by atomic mass is 9.83. The summed E-state index contributed by atoms with van der Waals surface area (Å²) in [6, 6.07) is 43.5. The van der Waals surface area contributed by atoms with Crippen LogP contribution in [0.25, 0.3) is 65.3 Å². The first-order valence-corrected chi connectivity index (χ1v) is 12.9. The second-order valence-corrected chi connectivity index (χ2v) is 10.3. The summed E-state index contributed by atoms with van der Waals surface area (Å²) in [7, 11) is 6.39. The minimum atomic E-state index is 0.769. The summed E-state index contributed by atoms with van der Waals surface area (Å²) < 4.78 is 1.07. The highest BCUT2D eigenvalue weighted by molar-refractivity contribution is 9.10. The Hall–Kier alpha value is -3.88. The van der Waals surface area contributed by atoms with E-state index in [0.29, 0.717) is 0 Å². The Morgan fingerprint density at radius 3 is 1.50 bits per heavy atom. The lowest BCUT2D eigenvalue weighted by molar-refractivity contribution is 1.67. The molecule has 0 unspecified atom stereocenters. The molecule has 0 aromatic heterocycles. The molecule has 0 aliphatic carbocycles. The molecule has 0 nitrogen and oxygen atoms in total. The van der Waals surface area contributed by atoms with Crippen LogP contribution in [0.5, 0.6) is 0 Å². The normalized spacial score (nSPS) is 11.6. The van der Waals surface area contributed by atoms with E-state index in [1.54, 1.807) is 0 Å². The highest BCUT2D eigenvalue weighted by atomic mass is 79.9. The SMILES string of the molecule is [B]c1ccc2c(-c3ccc4ccccc4c3)c3cc(Br)ccc3c(-c3ccc4ccccc4c3)c2c1. The van der Waals surface area contributed by atoms with E-state index in [9.17, 15) is 0 Å². The molecule has 0 amide bonds. The third kappa shape index (κ3) is 3.45. The molecule has 0 atom stereocenters. The van der Waals surface area contributed by atoms with Crippen molar-refractivity contribution in [2.24, 2.45) is 0 Å². The second kappa shape index (κ2) is 8.36. The van der Waals surface area contributed by atoms with Crippen molar-refractivity contribution in [2.75, 3.05) is 0 Å². The minimum Gasteiger partial charge on any atom is -0.0960 e. The summed E-state index contributed by atoms with van der Waals surface area (Å²) >= 11 is 3.75. The van der Waals surface area contributed by atoms with Crippen molar-refractivity contribution in [3.05, 3.63) is 126 Å². The molecule has 0 aliphatic heterocycles. The third-order valence-electron chi connectivity index (χ3n) is 7.18. The predicted molar refractivity (Wildman–Crippen MR) is 160 cm³/mol. The van der Waals surface area contributed by atoms with E-state index in [-0.39, 0.29) is 0 Å². The fourth-order valence-electron chi connectivity index (χ4n) is 5.53.